The summed E-state index contributed by atoms with van der Waals surface area (Å²) in [5, 5.41) is 4.24. The van der Waals surface area contributed by atoms with Gasteiger partial charge in [0.1, 0.15) is 0 Å². The highest BCUT2D eigenvalue weighted by atomic mass is 32.1. The van der Waals surface area contributed by atoms with Crippen LogP contribution in [-0.4, -0.2) is 54.3 Å². The Bertz CT molecular complexity index is 425. The van der Waals surface area contributed by atoms with E-state index in [0.717, 1.165) is 37.8 Å². The maximum absolute atomic E-state index is 5.84. The second-order valence-corrected chi connectivity index (χ2v) is 5.93. The molecule has 0 amide bonds. The highest BCUT2D eigenvalue weighted by molar-refractivity contribution is 7.11. The monoisotopic (exact) mass is 300 g/mol. The first kappa shape index (κ1) is 15.3. The highest BCUT2D eigenvalue weighted by Crippen LogP contribution is 2.35. The van der Waals surface area contributed by atoms with Crippen LogP contribution in [0.1, 0.15) is 20.8 Å². The molecule has 1 aliphatic rings. The molecule has 114 valence electrons. The van der Waals surface area contributed by atoms with Gasteiger partial charge in [0.05, 0.1) is 18.8 Å². The van der Waals surface area contributed by atoms with Crippen molar-refractivity contribution in [3.8, 4) is 5.75 Å². The van der Waals surface area contributed by atoms with Gasteiger partial charge in [0.25, 0.3) is 0 Å². The zero-order valence-corrected chi connectivity index (χ0v) is 13.2. The minimum atomic E-state index is 0.0794. The lowest BCUT2D eigenvalue weighted by molar-refractivity contribution is -0.0191. The number of morpholine rings is 1. The Morgan fingerprint density at radius 2 is 2.40 bits per heavy atom. The van der Waals surface area contributed by atoms with Gasteiger partial charge in [-0.15, -0.1) is 0 Å². The molecule has 0 bridgehead atoms. The molecule has 1 fully saturated rings. The van der Waals surface area contributed by atoms with Gasteiger partial charge in [0, 0.05) is 19.6 Å². The van der Waals surface area contributed by atoms with Gasteiger partial charge in [-0.05, 0) is 31.9 Å². The van der Waals surface area contributed by atoms with Crippen molar-refractivity contribution in [3.05, 3.63) is 0 Å². The Kier molecular flexibility index (Phi) is 5.45. The van der Waals surface area contributed by atoms with E-state index in [1.807, 2.05) is 13.8 Å². The molecule has 0 spiro atoms. The van der Waals surface area contributed by atoms with E-state index in [4.69, 9.17) is 15.2 Å². The van der Waals surface area contributed by atoms with Gasteiger partial charge in [-0.25, -0.2) is 0 Å². The summed E-state index contributed by atoms with van der Waals surface area (Å²) in [6.07, 6.45) is 0.273. The maximum Gasteiger partial charge on any atom is 0.197 e. The molecular weight excluding hydrogens is 276 g/mol. The van der Waals surface area contributed by atoms with E-state index in [1.54, 1.807) is 0 Å². The molecule has 0 radical (unpaired) electrons. The van der Waals surface area contributed by atoms with Crippen LogP contribution >= 0.6 is 11.5 Å². The second-order valence-electron chi connectivity index (χ2n) is 5.16. The molecule has 3 N–H and O–H groups in total. The predicted octanol–water partition coefficient (Wildman–Crippen LogP) is 1.65. The minimum Gasteiger partial charge on any atom is -0.484 e. The normalized spacial score (nSPS) is 20.3. The van der Waals surface area contributed by atoms with Crippen molar-refractivity contribution in [3.63, 3.8) is 0 Å². The van der Waals surface area contributed by atoms with Crippen molar-refractivity contribution in [2.75, 3.05) is 43.8 Å². The van der Waals surface area contributed by atoms with Crippen LogP contribution in [0.4, 0.5) is 10.8 Å². The largest absolute Gasteiger partial charge is 0.484 e. The third kappa shape index (κ3) is 3.97. The number of nitrogens with two attached hydrogens (primary N) is 1. The number of nitrogens with one attached hydrogen (secondary N) is 1. The number of hydrogen-bond donors (Lipinski definition) is 2. The molecule has 1 unspecified atom stereocenters. The van der Waals surface area contributed by atoms with Gasteiger partial charge < -0.3 is 20.5 Å². The van der Waals surface area contributed by atoms with Crippen molar-refractivity contribution in [2.24, 2.45) is 0 Å². The number of anilines is 2. The third-order valence-corrected chi connectivity index (χ3v) is 3.99. The molecule has 1 saturated heterocycles. The Hall–Kier alpha value is -1.05. The number of hydrogen-bond acceptors (Lipinski definition) is 7. The lowest BCUT2D eigenvalue weighted by Gasteiger charge is -2.32. The maximum atomic E-state index is 5.84. The number of nitrogen functional groups attached to an aromatic ring is 1. The van der Waals surface area contributed by atoms with Crippen molar-refractivity contribution in [1.82, 2.24) is 9.27 Å². The first-order valence-electron chi connectivity index (χ1n) is 7.09. The Balaban J connectivity index is 1.90. The average Bonchev–Trinajstić information content (AvgIpc) is 2.77. The molecule has 2 rings (SSSR count). The summed E-state index contributed by atoms with van der Waals surface area (Å²) in [4.78, 5) is 2.39. The van der Waals surface area contributed by atoms with Crippen molar-refractivity contribution in [1.29, 1.82) is 0 Å². The summed E-state index contributed by atoms with van der Waals surface area (Å²) in [7, 11) is 0. The Morgan fingerprint density at radius 3 is 3.10 bits per heavy atom. The lowest BCUT2D eigenvalue weighted by atomic mass is 10.2. The first-order valence-corrected chi connectivity index (χ1v) is 7.87. The summed E-state index contributed by atoms with van der Waals surface area (Å²) < 4.78 is 15.6. The summed E-state index contributed by atoms with van der Waals surface area (Å²) in [5.74, 6) is 1.11. The fourth-order valence-corrected chi connectivity index (χ4v) is 2.81. The van der Waals surface area contributed by atoms with Gasteiger partial charge in [0.2, 0.25) is 0 Å². The number of aromatic nitrogens is 1. The number of nitrogens with zero attached hydrogens (tertiary/aromatic N) is 2. The molecule has 1 aromatic rings. The molecular formula is C13H24N4O2S. The van der Waals surface area contributed by atoms with E-state index >= 15 is 0 Å². The summed E-state index contributed by atoms with van der Waals surface area (Å²) in [6, 6.07) is 0. The summed E-state index contributed by atoms with van der Waals surface area (Å²) >= 11 is 1.33. The second kappa shape index (κ2) is 7.10. The molecule has 0 aromatic carbocycles. The van der Waals surface area contributed by atoms with E-state index in [2.05, 4.69) is 21.5 Å². The van der Waals surface area contributed by atoms with E-state index < -0.39 is 0 Å². The Labute approximate surface area is 124 Å². The fraction of sp³-hybridized carbons (Fsp3) is 0.769. The van der Waals surface area contributed by atoms with Crippen molar-refractivity contribution in [2.45, 2.75) is 33.0 Å². The van der Waals surface area contributed by atoms with Crippen LogP contribution in [0, 0.1) is 0 Å². The average molecular weight is 300 g/mol. The van der Waals surface area contributed by atoms with Crippen LogP contribution in [0.25, 0.3) is 0 Å². The van der Waals surface area contributed by atoms with Crippen molar-refractivity contribution >= 4 is 22.4 Å². The van der Waals surface area contributed by atoms with Crippen LogP contribution in [0.15, 0.2) is 0 Å². The topological polar surface area (TPSA) is 72.6 Å². The van der Waals surface area contributed by atoms with Gasteiger partial charge >= 0.3 is 0 Å². The van der Waals surface area contributed by atoms with Crippen LogP contribution < -0.4 is 15.8 Å². The zero-order valence-electron chi connectivity index (χ0n) is 12.4. The predicted molar refractivity (Wildman–Crippen MR) is 82.6 cm³/mol. The van der Waals surface area contributed by atoms with Gasteiger partial charge in [-0.3, -0.25) is 4.90 Å². The minimum absolute atomic E-state index is 0.0794. The standard InChI is InChI=1S/C13H24N4O2S/c1-4-17-5-6-18-10(8-17)7-15-13-11(19-9(2)3)12(14)16-20-13/h9-10,15H,4-8H2,1-3H3,(H2,14,16). The summed E-state index contributed by atoms with van der Waals surface area (Å²) in [5.41, 5.74) is 5.84. The first-order chi connectivity index (χ1) is 9.60. The quantitative estimate of drug-likeness (QED) is 0.832. The van der Waals surface area contributed by atoms with Gasteiger partial charge in [-0.2, -0.15) is 4.37 Å². The lowest BCUT2D eigenvalue weighted by Crippen LogP contribution is -2.45. The molecule has 6 nitrogen and oxygen atoms in total. The smallest absolute Gasteiger partial charge is 0.197 e. The molecule has 0 aliphatic carbocycles. The zero-order chi connectivity index (χ0) is 14.5. The molecule has 1 aliphatic heterocycles. The van der Waals surface area contributed by atoms with Crippen molar-refractivity contribution < 1.29 is 9.47 Å². The van der Waals surface area contributed by atoms with Crippen LogP contribution in [0.3, 0.4) is 0 Å². The molecule has 7 heteroatoms. The van der Waals surface area contributed by atoms with Crippen LogP contribution in [-0.2, 0) is 4.74 Å². The van der Waals surface area contributed by atoms with Crippen LogP contribution in [0.5, 0.6) is 5.75 Å². The van der Waals surface area contributed by atoms with E-state index in [0.29, 0.717) is 11.6 Å². The van der Waals surface area contributed by atoms with E-state index in [1.165, 1.54) is 11.5 Å². The number of rotatable bonds is 6. The highest BCUT2D eigenvalue weighted by Gasteiger charge is 2.21. The SMILES string of the molecule is CCN1CCOC(CNc2snc(N)c2OC(C)C)C1. The van der Waals surface area contributed by atoms with Gasteiger partial charge in [0.15, 0.2) is 16.6 Å². The van der Waals surface area contributed by atoms with Gasteiger partial charge in [-0.1, -0.05) is 6.92 Å². The number of likely N-dealkylation sites (N-methyl/N-ethyl adjacent to an activating group) is 1. The fourth-order valence-electron chi connectivity index (χ4n) is 2.15. The van der Waals surface area contributed by atoms with E-state index in [9.17, 15) is 0 Å². The summed E-state index contributed by atoms with van der Waals surface area (Å²) in [6.45, 7) is 10.7. The molecule has 0 saturated carbocycles. The molecule has 1 aromatic heterocycles. The molecule has 1 atom stereocenters. The Morgan fingerprint density at radius 1 is 1.60 bits per heavy atom. The number of ether oxygens (including phenoxy) is 2. The van der Waals surface area contributed by atoms with Crippen LogP contribution in [0.2, 0.25) is 0 Å². The molecule has 2 heterocycles. The molecule has 20 heavy (non-hydrogen) atoms. The van der Waals surface area contributed by atoms with E-state index in [-0.39, 0.29) is 12.2 Å². The third-order valence-electron chi connectivity index (χ3n) is 3.19.